The van der Waals surface area contributed by atoms with E-state index in [0.29, 0.717) is 17.1 Å². The molecule has 2 aromatic rings. The standard InChI is InChI=1S/C30H54O8Si5/c1-39(2,3)34-25-22-21-24-26(27(25)35-40(4,5)6)28(31,36-41(7,8)9)30(32,38-43(13,14)15)29(33-24,37-42(10,11)12)23-19-17-16-18-20-23/h16-22,31-32H,1-15H3. The molecule has 1 aliphatic rings. The Hall–Kier alpha value is -1.28. The molecule has 2 aromatic carbocycles. The van der Waals surface area contributed by atoms with Crippen LogP contribution in [0, 0.1) is 0 Å². The van der Waals surface area contributed by atoms with Crippen molar-refractivity contribution in [3.8, 4) is 17.2 Å². The van der Waals surface area contributed by atoms with Crippen LogP contribution in [0.5, 0.6) is 17.2 Å². The molecule has 3 rings (SSSR count). The average Bonchev–Trinajstić information content (AvgIpc) is 2.75. The minimum absolute atomic E-state index is 0.152. The van der Waals surface area contributed by atoms with Crippen LogP contribution in [0.25, 0.3) is 0 Å². The van der Waals surface area contributed by atoms with Crippen LogP contribution in [-0.2, 0) is 24.9 Å². The van der Waals surface area contributed by atoms with E-state index in [2.05, 4.69) is 39.3 Å². The smallest absolute Gasteiger partial charge is 0.288 e. The van der Waals surface area contributed by atoms with Gasteiger partial charge in [-0.1, -0.05) is 30.3 Å². The van der Waals surface area contributed by atoms with E-state index in [1.54, 1.807) is 6.07 Å². The number of hydrogen-bond acceptors (Lipinski definition) is 8. The lowest BCUT2D eigenvalue weighted by Gasteiger charge is -2.59. The van der Waals surface area contributed by atoms with E-state index in [1.165, 1.54) is 0 Å². The van der Waals surface area contributed by atoms with Crippen LogP contribution in [0.4, 0.5) is 0 Å². The molecule has 0 radical (unpaired) electrons. The zero-order chi connectivity index (χ0) is 33.1. The highest BCUT2D eigenvalue weighted by molar-refractivity contribution is 6.72. The van der Waals surface area contributed by atoms with E-state index in [4.69, 9.17) is 26.9 Å². The molecule has 13 heteroatoms. The summed E-state index contributed by atoms with van der Waals surface area (Å²) in [5, 5.41) is 26.7. The fourth-order valence-electron chi connectivity index (χ4n) is 5.02. The molecule has 43 heavy (non-hydrogen) atoms. The van der Waals surface area contributed by atoms with Gasteiger partial charge in [0.1, 0.15) is 17.1 Å². The predicted octanol–water partition coefficient (Wildman–Crippen LogP) is 7.75. The van der Waals surface area contributed by atoms with Gasteiger partial charge in [-0.05, 0) is 110 Å². The van der Waals surface area contributed by atoms with Crippen LogP contribution >= 0.6 is 0 Å². The second kappa shape index (κ2) is 11.5. The summed E-state index contributed by atoms with van der Waals surface area (Å²) >= 11 is 0. The lowest BCUT2D eigenvalue weighted by Crippen LogP contribution is -2.76. The molecule has 0 saturated carbocycles. The molecular weight excluding hydrogens is 629 g/mol. The van der Waals surface area contributed by atoms with Crippen LogP contribution in [0.2, 0.25) is 98.2 Å². The molecule has 8 nitrogen and oxygen atoms in total. The molecule has 1 aliphatic heterocycles. The summed E-state index contributed by atoms with van der Waals surface area (Å²) in [5.41, 5.74) is 0.649. The van der Waals surface area contributed by atoms with Gasteiger partial charge >= 0.3 is 0 Å². The summed E-state index contributed by atoms with van der Waals surface area (Å²) in [6.07, 6.45) is 0. The second-order valence-corrected chi connectivity index (χ2v) is 38.4. The predicted molar refractivity (Wildman–Crippen MR) is 185 cm³/mol. The monoisotopic (exact) mass is 682 g/mol. The van der Waals surface area contributed by atoms with Crippen molar-refractivity contribution >= 4 is 41.6 Å². The van der Waals surface area contributed by atoms with Gasteiger partial charge in [-0.15, -0.1) is 0 Å². The van der Waals surface area contributed by atoms with Gasteiger partial charge in [0, 0.05) is 5.56 Å². The quantitative estimate of drug-likeness (QED) is 0.184. The first kappa shape index (κ1) is 36.2. The Balaban J connectivity index is 2.64. The summed E-state index contributed by atoms with van der Waals surface area (Å²) in [5.74, 6) is -5.99. The molecule has 0 fully saturated rings. The van der Waals surface area contributed by atoms with Gasteiger partial charge in [-0.25, -0.2) is 0 Å². The highest BCUT2D eigenvalue weighted by atomic mass is 28.4. The highest BCUT2D eigenvalue weighted by Gasteiger charge is 2.76. The molecule has 3 unspecified atom stereocenters. The Bertz CT molecular complexity index is 1290. The van der Waals surface area contributed by atoms with Crippen molar-refractivity contribution in [2.45, 2.75) is 116 Å². The highest BCUT2D eigenvalue weighted by Crippen LogP contribution is 2.62. The molecule has 0 spiro atoms. The van der Waals surface area contributed by atoms with Crippen LogP contribution in [-0.4, -0.2) is 57.6 Å². The molecule has 242 valence electrons. The van der Waals surface area contributed by atoms with Crippen molar-refractivity contribution < 1.29 is 37.1 Å². The molecule has 3 atom stereocenters. The van der Waals surface area contributed by atoms with E-state index in [-0.39, 0.29) is 11.3 Å². The Morgan fingerprint density at radius 3 is 1.49 bits per heavy atom. The van der Waals surface area contributed by atoms with Crippen LogP contribution in [0.15, 0.2) is 42.5 Å². The molecular formula is C30H54O8Si5. The number of hydrogen-bond donors (Lipinski definition) is 2. The minimum atomic E-state index is -2.69. The van der Waals surface area contributed by atoms with Crippen molar-refractivity contribution in [1.29, 1.82) is 0 Å². The largest absolute Gasteiger partial charge is 0.542 e. The molecule has 2 N–H and O–H groups in total. The Kier molecular flexibility index (Phi) is 9.69. The summed E-state index contributed by atoms with van der Waals surface area (Å²) in [7, 11) is -12.4. The van der Waals surface area contributed by atoms with Gasteiger partial charge < -0.3 is 37.1 Å². The van der Waals surface area contributed by atoms with Crippen LogP contribution in [0.1, 0.15) is 11.1 Å². The average molecular weight is 683 g/mol. The zero-order valence-corrected chi connectivity index (χ0v) is 33.9. The van der Waals surface area contributed by atoms with Gasteiger partial charge in [-0.3, -0.25) is 0 Å². The first-order valence-electron chi connectivity index (χ1n) is 15.0. The molecule has 1 heterocycles. The third-order valence-corrected chi connectivity index (χ3v) is 10.3. The first-order chi connectivity index (χ1) is 19.1. The van der Waals surface area contributed by atoms with Gasteiger partial charge in [0.2, 0.25) is 16.6 Å². The fraction of sp³-hybridized carbons (Fsp3) is 0.600. The van der Waals surface area contributed by atoms with Gasteiger partial charge in [-0.2, -0.15) is 0 Å². The third-order valence-electron chi connectivity index (χ3n) is 5.92. The fourth-order valence-corrected chi connectivity index (χ4v) is 10.1. The number of aliphatic hydroxyl groups is 2. The minimum Gasteiger partial charge on any atom is -0.542 e. The Labute approximate surface area is 264 Å². The molecule has 0 bridgehead atoms. The third kappa shape index (κ3) is 8.12. The SMILES string of the molecule is C[Si](C)(C)Oc1ccc2c(c1O[Si](C)(C)C)C(O)(O[Si](C)(C)C)C(O)(O[Si](C)(C)C)C(O[Si](C)(C)C)(c1ccccc1)O2. The number of rotatable bonds is 11. The van der Waals surface area contributed by atoms with Crippen molar-refractivity contribution in [2.75, 3.05) is 0 Å². The van der Waals surface area contributed by atoms with Crippen LogP contribution in [0.3, 0.4) is 0 Å². The number of fused-ring (bicyclic) bond motifs is 1. The maximum absolute atomic E-state index is 13.4. The summed E-state index contributed by atoms with van der Waals surface area (Å²) in [6, 6.07) is 12.8. The van der Waals surface area contributed by atoms with Crippen molar-refractivity contribution in [3.63, 3.8) is 0 Å². The molecule has 0 aliphatic carbocycles. The Morgan fingerprint density at radius 1 is 0.558 bits per heavy atom. The molecule has 0 saturated heterocycles. The van der Waals surface area contributed by atoms with E-state index in [9.17, 15) is 10.2 Å². The number of ether oxygens (including phenoxy) is 1. The van der Waals surface area contributed by atoms with Crippen molar-refractivity contribution in [2.24, 2.45) is 0 Å². The van der Waals surface area contributed by atoms with E-state index >= 15 is 0 Å². The maximum atomic E-state index is 13.4. The Morgan fingerprint density at radius 2 is 1.05 bits per heavy atom. The first-order valence-corrected chi connectivity index (χ1v) is 32.0. The molecule has 0 aromatic heterocycles. The van der Waals surface area contributed by atoms with Gasteiger partial charge in [0.25, 0.3) is 17.4 Å². The summed E-state index contributed by atoms with van der Waals surface area (Å²) < 4.78 is 40.6. The van der Waals surface area contributed by atoms with E-state index in [1.807, 2.05) is 95.3 Å². The maximum Gasteiger partial charge on any atom is 0.288 e. The van der Waals surface area contributed by atoms with E-state index < -0.39 is 58.9 Å². The molecule has 0 amide bonds. The summed E-state index contributed by atoms with van der Waals surface area (Å²) in [6.45, 7) is 30.2. The number of benzene rings is 2. The normalized spacial score (nSPS) is 25.1. The lowest BCUT2D eigenvalue weighted by atomic mass is 9.82. The second-order valence-electron chi connectivity index (χ2n) is 16.2. The van der Waals surface area contributed by atoms with Gasteiger partial charge in [0.05, 0.1) is 0 Å². The van der Waals surface area contributed by atoms with Crippen LogP contribution < -0.4 is 13.6 Å². The van der Waals surface area contributed by atoms with Crippen molar-refractivity contribution in [1.82, 2.24) is 0 Å². The van der Waals surface area contributed by atoms with Gasteiger partial charge in [0.15, 0.2) is 30.7 Å². The van der Waals surface area contributed by atoms with Crippen molar-refractivity contribution in [3.05, 3.63) is 53.6 Å². The summed E-state index contributed by atoms with van der Waals surface area (Å²) in [4.78, 5) is 0. The lowest BCUT2D eigenvalue weighted by molar-refractivity contribution is -0.450. The topological polar surface area (TPSA) is 95.8 Å². The van der Waals surface area contributed by atoms with E-state index in [0.717, 1.165) is 0 Å². The zero-order valence-electron chi connectivity index (χ0n) is 28.9.